The molecule has 1 N–H and O–H groups in total. The lowest BCUT2D eigenvalue weighted by Crippen LogP contribution is -2.17. The Morgan fingerprint density at radius 3 is 2.79 bits per heavy atom. The molecule has 122 valence electrons. The zero-order valence-corrected chi connectivity index (χ0v) is 13.3. The summed E-state index contributed by atoms with van der Waals surface area (Å²) < 4.78 is 23.1. The molecule has 0 radical (unpaired) electrons. The molecule has 0 fully saturated rings. The number of ether oxygens (including phenoxy) is 1. The first-order valence-electron chi connectivity index (χ1n) is 6.85. The molecule has 2 heterocycles. The molecule has 6 nitrogen and oxygen atoms in total. The molecule has 1 amide bonds. The lowest BCUT2D eigenvalue weighted by Gasteiger charge is -1.99. The van der Waals surface area contributed by atoms with Gasteiger partial charge in [-0.1, -0.05) is 5.16 Å². The summed E-state index contributed by atoms with van der Waals surface area (Å²) >= 11 is 0.928. The first-order valence-corrected chi connectivity index (χ1v) is 7.67. The fraction of sp³-hybridized carbons (Fsp3) is 0.0625. The molecular weight excluding hydrogens is 333 g/mol. The van der Waals surface area contributed by atoms with Crippen molar-refractivity contribution in [2.75, 3.05) is 7.11 Å². The largest absolute Gasteiger partial charge is 0.497 e. The molecule has 0 aliphatic heterocycles. The number of hydrogen-bond donors (Lipinski definition) is 1. The Kier molecular flexibility index (Phi) is 4.66. The summed E-state index contributed by atoms with van der Waals surface area (Å²) in [6.07, 6.45) is 1.36. The number of hydrazone groups is 1. The number of aromatic nitrogens is 1. The van der Waals surface area contributed by atoms with E-state index in [0.717, 1.165) is 22.6 Å². The predicted octanol–water partition coefficient (Wildman–Crippen LogP) is 3.31. The van der Waals surface area contributed by atoms with Gasteiger partial charge in [0.05, 0.1) is 18.2 Å². The van der Waals surface area contributed by atoms with E-state index in [4.69, 9.17) is 9.26 Å². The van der Waals surface area contributed by atoms with E-state index in [2.05, 4.69) is 15.7 Å². The van der Waals surface area contributed by atoms with Gasteiger partial charge in [-0.15, -0.1) is 11.3 Å². The lowest BCUT2D eigenvalue weighted by atomic mass is 10.1. The van der Waals surface area contributed by atoms with Gasteiger partial charge in [0.25, 0.3) is 5.91 Å². The maximum atomic E-state index is 12.8. The average molecular weight is 345 g/mol. The fourth-order valence-electron chi connectivity index (χ4n) is 1.88. The number of nitrogens with zero attached hydrogens (tertiary/aromatic N) is 2. The average Bonchev–Trinajstić information content (AvgIpc) is 3.24. The number of thiophene rings is 1. The van der Waals surface area contributed by atoms with Gasteiger partial charge in [0.2, 0.25) is 0 Å². The molecule has 1 aromatic carbocycles. The molecule has 0 atom stereocenters. The van der Waals surface area contributed by atoms with Crippen molar-refractivity contribution in [1.29, 1.82) is 0 Å². The number of nitrogens with one attached hydrogen (secondary N) is 1. The third-order valence-corrected chi connectivity index (χ3v) is 3.88. The molecule has 8 heteroatoms. The minimum Gasteiger partial charge on any atom is -0.497 e. The van der Waals surface area contributed by atoms with Crippen LogP contribution in [-0.2, 0) is 0 Å². The minimum absolute atomic E-state index is 0.0929. The summed E-state index contributed by atoms with van der Waals surface area (Å²) in [5.74, 6) is 0.648. The Labute approximate surface area is 140 Å². The van der Waals surface area contributed by atoms with Crippen LogP contribution in [0, 0.1) is 5.13 Å². The van der Waals surface area contributed by atoms with Gasteiger partial charge in [0.15, 0.2) is 16.6 Å². The van der Waals surface area contributed by atoms with Crippen molar-refractivity contribution in [3.63, 3.8) is 0 Å². The maximum absolute atomic E-state index is 12.8. The quantitative estimate of drug-likeness (QED) is 0.568. The number of carbonyl (C=O) groups excluding carboxylic acids is 1. The molecule has 3 aromatic rings. The van der Waals surface area contributed by atoms with Crippen molar-refractivity contribution < 1.29 is 18.4 Å². The zero-order valence-electron chi connectivity index (χ0n) is 12.5. The maximum Gasteiger partial charge on any atom is 0.293 e. The van der Waals surface area contributed by atoms with Crippen LogP contribution in [0.1, 0.15) is 15.4 Å². The van der Waals surface area contributed by atoms with E-state index in [1.54, 1.807) is 37.4 Å². The number of hydrogen-bond acceptors (Lipinski definition) is 6. The standard InChI is InChI=1S/C16H12FN3O3S/c1-22-11-4-2-10(3-5-11)14-8-13(20-23-14)16(21)19-18-9-12-6-7-15(17)24-12/h2-9H,1H3,(H,19,21)/b18-9+. The summed E-state index contributed by atoms with van der Waals surface area (Å²) in [5, 5.41) is 7.16. The second-order valence-electron chi connectivity index (χ2n) is 4.65. The number of amides is 1. The van der Waals surface area contributed by atoms with Crippen LogP contribution < -0.4 is 10.2 Å². The van der Waals surface area contributed by atoms with Gasteiger partial charge in [-0.25, -0.2) is 5.43 Å². The Morgan fingerprint density at radius 1 is 1.33 bits per heavy atom. The predicted molar refractivity (Wildman–Crippen MR) is 87.8 cm³/mol. The number of methoxy groups -OCH3 is 1. The Hall–Kier alpha value is -3.00. The fourth-order valence-corrected chi connectivity index (χ4v) is 2.49. The van der Waals surface area contributed by atoms with Crippen molar-refractivity contribution in [2.45, 2.75) is 0 Å². The Bertz CT molecular complexity index is 871. The molecule has 2 aromatic heterocycles. The Morgan fingerprint density at radius 2 is 2.12 bits per heavy atom. The summed E-state index contributed by atoms with van der Waals surface area (Å²) in [6.45, 7) is 0. The van der Waals surface area contributed by atoms with Crippen LogP contribution in [-0.4, -0.2) is 24.4 Å². The molecule has 3 rings (SSSR count). The van der Waals surface area contributed by atoms with Crippen LogP contribution in [0.5, 0.6) is 5.75 Å². The van der Waals surface area contributed by atoms with Crippen molar-refractivity contribution >= 4 is 23.5 Å². The molecular formula is C16H12FN3O3S. The highest BCUT2D eigenvalue weighted by atomic mass is 32.1. The highest BCUT2D eigenvalue weighted by Crippen LogP contribution is 2.23. The highest BCUT2D eigenvalue weighted by molar-refractivity contribution is 7.12. The highest BCUT2D eigenvalue weighted by Gasteiger charge is 2.13. The first kappa shape index (κ1) is 15.9. The van der Waals surface area contributed by atoms with Gasteiger partial charge in [0, 0.05) is 11.6 Å². The van der Waals surface area contributed by atoms with E-state index in [-0.39, 0.29) is 10.8 Å². The lowest BCUT2D eigenvalue weighted by molar-refractivity contribution is 0.0946. The van der Waals surface area contributed by atoms with E-state index >= 15 is 0 Å². The molecule has 24 heavy (non-hydrogen) atoms. The second-order valence-corrected chi connectivity index (χ2v) is 5.71. The molecule has 0 aliphatic rings. The van der Waals surface area contributed by atoms with Gasteiger partial charge in [0.1, 0.15) is 5.75 Å². The number of halogens is 1. The van der Waals surface area contributed by atoms with Gasteiger partial charge in [-0.3, -0.25) is 4.79 Å². The number of rotatable bonds is 5. The zero-order chi connectivity index (χ0) is 16.9. The van der Waals surface area contributed by atoms with Crippen molar-refractivity contribution in [3.8, 4) is 17.1 Å². The minimum atomic E-state index is -0.521. The number of benzene rings is 1. The van der Waals surface area contributed by atoms with Gasteiger partial charge >= 0.3 is 0 Å². The van der Waals surface area contributed by atoms with Crippen LogP contribution in [0.25, 0.3) is 11.3 Å². The molecule has 0 bridgehead atoms. The van der Waals surface area contributed by atoms with E-state index in [1.807, 2.05) is 0 Å². The normalized spacial score (nSPS) is 10.9. The Balaban J connectivity index is 1.65. The van der Waals surface area contributed by atoms with E-state index in [1.165, 1.54) is 18.3 Å². The van der Waals surface area contributed by atoms with Gasteiger partial charge < -0.3 is 9.26 Å². The molecule has 0 unspecified atom stereocenters. The SMILES string of the molecule is COc1ccc(-c2cc(C(=O)N/N=C/c3ccc(F)s3)no2)cc1. The van der Waals surface area contributed by atoms with E-state index in [9.17, 15) is 9.18 Å². The summed E-state index contributed by atoms with van der Waals surface area (Å²) in [7, 11) is 1.58. The summed E-state index contributed by atoms with van der Waals surface area (Å²) in [5.41, 5.74) is 3.17. The molecule has 0 saturated heterocycles. The topological polar surface area (TPSA) is 76.7 Å². The van der Waals surface area contributed by atoms with Crippen LogP contribution in [0.4, 0.5) is 4.39 Å². The monoisotopic (exact) mass is 345 g/mol. The molecule has 0 spiro atoms. The van der Waals surface area contributed by atoms with E-state index in [0.29, 0.717) is 10.6 Å². The van der Waals surface area contributed by atoms with Gasteiger partial charge in [-0.2, -0.15) is 9.49 Å². The van der Waals surface area contributed by atoms with Crippen LogP contribution in [0.3, 0.4) is 0 Å². The molecule has 0 aliphatic carbocycles. The van der Waals surface area contributed by atoms with Crippen LogP contribution in [0.15, 0.2) is 52.1 Å². The van der Waals surface area contributed by atoms with Crippen molar-refractivity contribution in [1.82, 2.24) is 10.6 Å². The summed E-state index contributed by atoms with van der Waals surface area (Å²) in [4.78, 5) is 12.5. The first-order chi connectivity index (χ1) is 11.7. The van der Waals surface area contributed by atoms with Crippen LogP contribution >= 0.6 is 11.3 Å². The smallest absolute Gasteiger partial charge is 0.293 e. The third-order valence-electron chi connectivity index (χ3n) is 3.07. The van der Waals surface area contributed by atoms with Gasteiger partial charge in [-0.05, 0) is 36.4 Å². The number of carbonyl (C=O) groups is 1. The van der Waals surface area contributed by atoms with Crippen LogP contribution in [0.2, 0.25) is 0 Å². The van der Waals surface area contributed by atoms with Crippen molar-refractivity contribution in [2.24, 2.45) is 5.10 Å². The van der Waals surface area contributed by atoms with E-state index < -0.39 is 5.91 Å². The third kappa shape index (κ3) is 3.66. The molecule has 0 saturated carbocycles. The second kappa shape index (κ2) is 7.05. The summed E-state index contributed by atoms with van der Waals surface area (Å²) in [6, 6.07) is 11.6. The van der Waals surface area contributed by atoms with Crippen molar-refractivity contribution in [3.05, 3.63) is 58.2 Å².